The van der Waals surface area contributed by atoms with Crippen molar-refractivity contribution in [1.82, 2.24) is 14.8 Å². The molecule has 2 aromatic rings. The van der Waals surface area contributed by atoms with Crippen LogP contribution < -0.4 is 5.32 Å². The summed E-state index contributed by atoms with van der Waals surface area (Å²) >= 11 is 0. The summed E-state index contributed by atoms with van der Waals surface area (Å²) in [5.41, 5.74) is 2.18. The minimum absolute atomic E-state index is 0.122. The van der Waals surface area contributed by atoms with Crippen LogP contribution in [0.1, 0.15) is 29.4 Å². The molecule has 1 saturated heterocycles. The summed E-state index contributed by atoms with van der Waals surface area (Å²) < 4.78 is 4.97. The standard InChI is InChI=1S/C21H26N4O3/c1-2-28-20(26)17-7-9-18(10-8-17)23-21(27)25-13-5-12-24(14-15-25)16-19-6-3-4-11-22-19/h3-4,6-11H,2,5,12-16H2,1H3,(H,23,27). The molecule has 2 heterocycles. The molecule has 3 rings (SSSR count). The van der Waals surface area contributed by atoms with Crippen molar-refractivity contribution < 1.29 is 14.3 Å². The maximum atomic E-state index is 12.6. The maximum Gasteiger partial charge on any atom is 0.338 e. The Labute approximate surface area is 165 Å². The Bertz CT molecular complexity index is 780. The third-order valence-corrected chi connectivity index (χ3v) is 4.63. The molecule has 0 atom stereocenters. The Morgan fingerprint density at radius 2 is 1.89 bits per heavy atom. The number of hydrogen-bond donors (Lipinski definition) is 1. The topological polar surface area (TPSA) is 74.8 Å². The number of hydrogen-bond acceptors (Lipinski definition) is 5. The van der Waals surface area contributed by atoms with Crippen LogP contribution in [0.3, 0.4) is 0 Å². The summed E-state index contributed by atoms with van der Waals surface area (Å²) in [6.45, 7) is 6.03. The summed E-state index contributed by atoms with van der Waals surface area (Å²) in [7, 11) is 0. The van der Waals surface area contributed by atoms with Gasteiger partial charge in [-0.15, -0.1) is 0 Å². The van der Waals surface area contributed by atoms with Gasteiger partial charge in [-0.3, -0.25) is 9.88 Å². The highest BCUT2D eigenvalue weighted by molar-refractivity contribution is 5.92. The van der Waals surface area contributed by atoms with E-state index in [0.717, 1.165) is 31.7 Å². The third kappa shape index (κ3) is 5.53. The number of urea groups is 1. The molecule has 0 spiro atoms. The first-order valence-corrected chi connectivity index (χ1v) is 9.61. The van der Waals surface area contributed by atoms with Crippen LogP contribution in [0.5, 0.6) is 0 Å². The Kier molecular flexibility index (Phi) is 6.97. The fraction of sp³-hybridized carbons (Fsp3) is 0.381. The van der Waals surface area contributed by atoms with Crippen LogP contribution in [0.25, 0.3) is 0 Å². The van der Waals surface area contributed by atoms with Crippen LogP contribution in [0.2, 0.25) is 0 Å². The summed E-state index contributed by atoms with van der Waals surface area (Å²) in [6.07, 6.45) is 2.72. The normalized spacial score (nSPS) is 15.0. The summed E-state index contributed by atoms with van der Waals surface area (Å²) in [5.74, 6) is -0.360. The van der Waals surface area contributed by atoms with E-state index in [1.807, 2.05) is 23.1 Å². The number of nitrogens with one attached hydrogen (secondary N) is 1. The summed E-state index contributed by atoms with van der Waals surface area (Å²) in [6, 6.07) is 12.6. The van der Waals surface area contributed by atoms with Crippen LogP contribution in [0, 0.1) is 0 Å². The van der Waals surface area contributed by atoms with Crippen molar-refractivity contribution in [2.75, 3.05) is 38.1 Å². The first kappa shape index (κ1) is 19.8. The molecule has 0 aliphatic carbocycles. The Hall–Kier alpha value is -2.93. The van der Waals surface area contributed by atoms with Gasteiger partial charge in [0.1, 0.15) is 0 Å². The van der Waals surface area contributed by atoms with Crippen LogP contribution in [-0.4, -0.2) is 59.6 Å². The summed E-state index contributed by atoms with van der Waals surface area (Å²) in [4.78, 5) is 32.8. The predicted octanol–water partition coefficient (Wildman–Crippen LogP) is 3.00. The first-order chi connectivity index (χ1) is 13.7. The van der Waals surface area contributed by atoms with Gasteiger partial charge in [0, 0.05) is 44.6 Å². The molecule has 7 nitrogen and oxygen atoms in total. The second-order valence-electron chi connectivity index (χ2n) is 6.67. The van der Waals surface area contributed by atoms with E-state index >= 15 is 0 Å². The molecule has 2 amide bonds. The van der Waals surface area contributed by atoms with Gasteiger partial charge in [-0.2, -0.15) is 0 Å². The molecule has 7 heteroatoms. The minimum Gasteiger partial charge on any atom is -0.462 e. The number of carbonyl (C=O) groups is 2. The van der Waals surface area contributed by atoms with Crippen molar-refractivity contribution in [2.24, 2.45) is 0 Å². The molecular formula is C21H26N4O3. The average molecular weight is 382 g/mol. The SMILES string of the molecule is CCOC(=O)c1ccc(NC(=O)N2CCCN(Cc3ccccn3)CC2)cc1. The number of ether oxygens (including phenoxy) is 1. The lowest BCUT2D eigenvalue weighted by atomic mass is 10.2. The van der Waals surface area contributed by atoms with Crippen LogP contribution in [0.15, 0.2) is 48.7 Å². The lowest BCUT2D eigenvalue weighted by Gasteiger charge is -2.22. The van der Waals surface area contributed by atoms with Gasteiger partial charge in [0.25, 0.3) is 0 Å². The van der Waals surface area contributed by atoms with Crippen molar-refractivity contribution >= 4 is 17.7 Å². The van der Waals surface area contributed by atoms with E-state index in [-0.39, 0.29) is 12.0 Å². The second-order valence-corrected chi connectivity index (χ2v) is 6.67. The molecule has 1 aromatic carbocycles. The van der Waals surface area contributed by atoms with Crippen LogP contribution in [0.4, 0.5) is 10.5 Å². The molecule has 1 aliphatic heterocycles. The van der Waals surface area contributed by atoms with Crippen molar-refractivity contribution in [3.05, 3.63) is 59.9 Å². The van der Waals surface area contributed by atoms with Gasteiger partial charge in [0.05, 0.1) is 17.9 Å². The number of nitrogens with zero attached hydrogens (tertiary/aromatic N) is 3. The molecule has 28 heavy (non-hydrogen) atoms. The van der Waals surface area contributed by atoms with Crippen molar-refractivity contribution in [1.29, 1.82) is 0 Å². The number of carbonyl (C=O) groups excluding carboxylic acids is 2. The smallest absolute Gasteiger partial charge is 0.338 e. The highest BCUT2D eigenvalue weighted by Crippen LogP contribution is 2.13. The molecule has 148 valence electrons. The quantitative estimate of drug-likeness (QED) is 0.805. The first-order valence-electron chi connectivity index (χ1n) is 9.61. The fourth-order valence-electron chi connectivity index (χ4n) is 3.16. The highest BCUT2D eigenvalue weighted by atomic mass is 16.5. The minimum atomic E-state index is -0.360. The third-order valence-electron chi connectivity index (χ3n) is 4.63. The van der Waals surface area contributed by atoms with E-state index in [1.54, 1.807) is 37.4 Å². The van der Waals surface area contributed by atoms with Gasteiger partial charge in [0.2, 0.25) is 0 Å². The molecule has 0 bridgehead atoms. The molecule has 1 aliphatic rings. The molecular weight excluding hydrogens is 356 g/mol. The number of benzene rings is 1. The van der Waals surface area contributed by atoms with Gasteiger partial charge in [-0.1, -0.05) is 6.07 Å². The monoisotopic (exact) mass is 382 g/mol. The lowest BCUT2D eigenvalue weighted by molar-refractivity contribution is 0.0526. The van der Waals surface area contributed by atoms with Crippen molar-refractivity contribution in [3.8, 4) is 0 Å². The molecule has 1 N–H and O–H groups in total. The number of amides is 2. The van der Waals surface area contributed by atoms with Crippen LogP contribution >= 0.6 is 0 Å². The molecule has 1 fully saturated rings. The predicted molar refractivity (Wildman–Crippen MR) is 107 cm³/mol. The zero-order valence-electron chi connectivity index (χ0n) is 16.1. The largest absolute Gasteiger partial charge is 0.462 e. The van der Waals surface area contributed by atoms with E-state index in [2.05, 4.69) is 15.2 Å². The Morgan fingerprint density at radius 3 is 2.61 bits per heavy atom. The molecule has 1 aromatic heterocycles. The van der Waals surface area contributed by atoms with E-state index < -0.39 is 0 Å². The Morgan fingerprint density at radius 1 is 1.07 bits per heavy atom. The lowest BCUT2D eigenvalue weighted by Crippen LogP contribution is -2.38. The molecule has 0 radical (unpaired) electrons. The molecule has 0 saturated carbocycles. The number of anilines is 1. The van der Waals surface area contributed by atoms with E-state index in [0.29, 0.717) is 30.9 Å². The van der Waals surface area contributed by atoms with E-state index in [4.69, 9.17) is 4.74 Å². The van der Waals surface area contributed by atoms with Gasteiger partial charge in [-0.05, 0) is 49.7 Å². The zero-order chi connectivity index (χ0) is 19.8. The number of aromatic nitrogens is 1. The fourth-order valence-corrected chi connectivity index (χ4v) is 3.16. The van der Waals surface area contributed by atoms with Crippen molar-refractivity contribution in [2.45, 2.75) is 19.9 Å². The average Bonchev–Trinajstić information content (AvgIpc) is 2.95. The Balaban J connectivity index is 1.51. The highest BCUT2D eigenvalue weighted by Gasteiger charge is 2.19. The van der Waals surface area contributed by atoms with Gasteiger partial charge < -0.3 is 15.0 Å². The number of pyridine rings is 1. The molecule has 0 unspecified atom stereocenters. The van der Waals surface area contributed by atoms with Gasteiger partial charge >= 0.3 is 12.0 Å². The van der Waals surface area contributed by atoms with Crippen LogP contribution in [-0.2, 0) is 11.3 Å². The summed E-state index contributed by atoms with van der Waals surface area (Å²) in [5, 5.41) is 2.91. The zero-order valence-corrected chi connectivity index (χ0v) is 16.1. The number of esters is 1. The van der Waals surface area contributed by atoms with E-state index in [9.17, 15) is 9.59 Å². The maximum absolute atomic E-state index is 12.6. The number of rotatable bonds is 5. The van der Waals surface area contributed by atoms with Crippen molar-refractivity contribution in [3.63, 3.8) is 0 Å². The van der Waals surface area contributed by atoms with E-state index in [1.165, 1.54) is 0 Å². The van der Waals surface area contributed by atoms with Gasteiger partial charge in [0.15, 0.2) is 0 Å². The second kappa shape index (κ2) is 9.85. The van der Waals surface area contributed by atoms with Gasteiger partial charge in [-0.25, -0.2) is 9.59 Å².